The van der Waals surface area contributed by atoms with Gasteiger partial charge in [-0.1, -0.05) is 0 Å². The van der Waals surface area contributed by atoms with Gasteiger partial charge in [0.2, 0.25) is 15.9 Å². The average molecular weight is 438 g/mol. The topological polar surface area (TPSA) is 90.0 Å². The minimum absolute atomic E-state index is 0.202. The number of benzene rings is 1. The first kappa shape index (κ1) is 21.9. The van der Waals surface area contributed by atoms with Crippen molar-refractivity contribution in [3.8, 4) is 0 Å². The summed E-state index contributed by atoms with van der Waals surface area (Å²) in [6, 6.07) is 8.23. The summed E-state index contributed by atoms with van der Waals surface area (Å²) in [4.78, 5) is 15.7. The Hall–Kier alpha value is -1.78. The molecule has 1 fully saturated rings. The van der Waals surface area contributed by atoms with E-state index in [1.165, 1.54) is 28.2 Å². The third kappa shape index (κ3) is 5.23. The number of carbonyl (C=O) groups excluding carboxylic acids is 1. The number of β-amino-alcohol motifs (C(OH)–C–C–N with tert-alkyl or cyclic N) is 1. The second-order valence-electron chi connectivity index (χ2n) is 7.29. The second kappa shape index (κ2) is 8.93. The summed E-state index contributed by atoms with van der Waals surface area (Å²) in [5.74, 6) is -0.202. The predicted octanol–water partition coefficient (Wildman–Crippen LogP) is 2.36. The molecule has 1 atom stereocenters. The number of aliphatic hydroxyl groups is 1. The first-order valence-electron chi connectivity index (χ1n) is 9.52. The zero-order valence-electron chi connectivity index (χ0n) is 16.9. The number of carbonyl (C=O) groups is 1. The predicted molar refractivity (Wildman–Crippen MR) is 115 cm³/mol. The van der Waals surface area contributed by atoms with Crippen LogP contribution in [0.5, 0.6) is 0 Å². The molecule has 1 aromatic heterocycles. The van der Waals surface area contributed by atoms with Crippen LogP contribution in [0.25, 0.3) is 0 Å². The summed E-state index contributed by atoms with van der Waals surface area (Å²) in [7, 11) is -3.58. The van der Waals surface area contributed by atoms with Crippen LogP contribution in [0.3, 0.4) is 0 Å². The first-order valence-corrected chi connectivity index (χ1v) is 11.8. The molecule has 2 N–H and O–H groups in total. The van der Waals surface area contributed by atoms with E-state index < -0.39 is 16.1 Å². The molecule has 1 aliphatic rings. The van der Waals surface area contributed by atoms with E-state index in [0.29, 0.717) is 38.4 Å². The van der Waals surface area contributed by atoms with Crippen molar-refractivity contribution in [2.75, 3.05) is 38.0 Å². The van der Waals surface area contributed by atoms with Crippen molar-refractivity contribution in [2.24, 2.45) is 0 Å². The van der Waals surface area contributed by atoms with E-state index in [1.54, 1.807) is 23.5 Å². The third-order valence-corrected chi connectivity index (χ3v) is 7.91. The zero-order valence-corrected chi connectivity index (χ0v) is 18.5. The smallest absolute Gasteiger partial charge is 0.243 e. The van der Waals surface area contributed by atoms with Crippen LogP contribution in [0.4, 0.5) is 5.69 Å². The number of aliphatic hydroxyl groups excluding tert-OH is 1. The molecule has 0 radical (unpaired) electrons. The fraction of sp³-hybridized carbons (Fsp3) is 0.450. The number of rotatable bonds is 6. The van der Waals surface area contributed by atoms with Crippen LogP contribution in [0.15, 0.2) is 35.2 Å². The van der Waals surface area contributed by atoms with E-state index in [-0.39, 0.29) is 10.8 Å². The molecule has 1 aromatic carbocycles. The number of hydrogen-bond acceptors (Lipinski definition) is 6. The quantitative estimate of drug-likeness (QED) is 0.724. The molecule has 0 unspecified atom stereocenters. The maximum absolute atomic E-state index is 12.9. The van der Waals surface area contributed by atoms with Gasteiger partial charge in [-0.2, -0.15) is 4.31 Å². The minimum atomic E-state index is -3.58. The van der Waals surface area contributed by atoms with Crippen molar-refractivity contribution in [1.29, 1.82) is 0 Å². The molecule has 3 rings (SSSR count). The standard InChI is InChI=1S/C20H27N3O4S2/c1-14-12-19(15(2)28-14)20(25)13-22-8-10-23(11-9-22)29(26,27)18-6-4-17(5-7-18)21-16(3)24/h4-7,12,20,25H,8-11,13H2,1-3H3,(H,21,24)/t20-/m0/s1. The van der Waals surface area contributed by atoms with Gasteiger partial charge in [-0.15, -0.1) is 11.3 Å². The van der Waals surface area contributed by atoms with Crippen LogP contribution < -0.4 is 5.32 Å². The molecule has 9 heteroatoms. The molecular weight excluding hydrogens is 410 g/mol. The fourth-order valence-corrected chi connectivity index (χ4v) is 5.94. The summed E-state index contributed by atoms with van der Waals surface area (Å²) in [6.07, 6.45) is -0.565. The van der Waals surface area contributed by atoms with Crippen molar-refractivity contribution in [3.05, 3.63) is 45.6 Å². The number of sulfonamides is 1. The van der Waals surface area contributed by atoms with Gasteiger partial charge >= 0.3 is 0 Å². The number of hydrogen-bond donors (Lipinski definition) is 2. The molecule has 0 spiro atoms. The third-order valence-electron chi connectivity index (χ3n) is 5.01. The van der Waals surface area contributed by atoms with Crippen LogP contribution in [-0.4, -0.2) is 61.4 Å². The number of nitrogens with one attached hydrogen (secondary N) is 1. The van der Waals surface area contributed by atoms with Crippen molar-refractivity contribution < 1.29 is 18.3 Å². The summed E-state index contributed by atoms with van der Waals surface area (Å²) in [5.41, 5.74) is 1.52. The lowest BCUT2D eigenvalue weighted by Crippen LogP contribution is -2.49. The molecule has 0 saturated carbocycles. The number of piperazine rings is 1. The Morgan fingerprint density at radius 1 is 1.17 bits per heavy atom. The highest BCUT2D eigenvalue weighted by Crippen LogP contribution is 2.27. The fourth-order valence-electron chi connectivity index (χ4n) is 3.54. The molecule has 1 aliphatic heterocycles. The van der Waals surface area contributed by atoms with Gasteiger partial charge in [0.15, 0.2) is 0 Å². The van der Waals surface area contributed by atoms with Gasteiger partial charge < -0.3 is 10.4 Å². The monoisotopic (exact) mass is 437 g/mol. The van der Waals surface area contributed by atoms with Crippen molar-refractivity contribution in [2.45, 2.75) is 31.8 Å². The van der Waals surface area contributed by atoms with E-state index in [9.17, 15) is 18.3 Å². The van der Waals surface area contributed by atoms with Crippen molar-refractivity contribution in [1.82, 2.24) is 9.21 Å². The van der Waals surface area contributed by atoms with Gasteiger partial charge in [-0.05, 0) is 49.7 Å². The lowest BCUT2D eigenvalue weighted by atomic mass is 10.1. The Labute approximate surface area is 176 Å². The average Bonchev–Trinajstić information content (AvgIpc) is 3.00. The van der Waals surface area contributed by atoms with Crippen molar-refractivity contribution >= 4 is 33.0 Å². The first-order chi connectivity index (χ1) is 13.7. The summed E-state index contributed by atoms with van der Waals surface area (Å²) in [6.45, 7) is 7.84. The highest BCUT2D eigenvalue weighted by atomic mass is 32.2. The summed E-state index contributed by atoms with van der Waals surface area (Å²) < 4.78 is 27.3. The second-order valence-corrected chi connectivity index (χ2v) is 10.7. The molecule has 0 aliphatic carbocycles. The summed E-state index contributed by atoms with van der Waals surface area (Å²) in [5, 5.41) is 13.2. The maximum Gasteiger partial charge on any atom is 0.243 e. The van der Waals surface area contributed by atoms with Gasteiger partial charge in [0.05, 0.1) is 11.0 Å². The molecule has 0 bridgehead atoms. The minimum Gasteiger partial charge on any atom is -0.387 e. The van der Waals surface area contributed by atoms with Gasteiger partial charge in [-0.25, -0.2) is 8.42 Å². The number of anilines is 1. The number of thiophene rings is 1. The molecular formula is C20H27N3O4S2. The molecule has 1 amide bonds. The SMILES string of the molecule is CC(=O)Nc1ccc(S(=O)(=O)N2CCN(C[C@H](O)c3cc(C)sc3C)CC2)cc1. The van der Waals surface area contributed by atoms with E-state index in [2.05, 4.69) is 10.2 Å². The van der Waals surface area contributed by atoms with E-state index in [4.69, 9.17) is 0 Å². The van der Waals surface area contributed by atoms with Crippen molar-refractivity contribution in [3.63, 3.8) is 0 Å². The van der Waals surface area contributed by atoms with Crippen LogP contribution in [-0.2, 0) is 14.8 Å². The van der Waals surface area contributed by atoms with Gasteiger partial charge in [0.25, 0.3) is 0 Å². The van der Waals surface area contributed by atoms with Gasteiger partial charge in [0.1, 0.15) is 0 Å². The highest BCUT2D eigenvalue weighted by Gasteiger charge is 2.29. The van der Waals surface area contributed by atoms with E-state index >= 15 is 0 Å². The lowest BCUT2D eigenvalue weighted by molar-refractivity contribution is -0.114. The normalized spacial score (nSPS) is 17.2. The Morgan fingerprint density at radius 3 is 2.31 bits per heavy atom. The molecule has 2 heterocycles. The van der Waals surface area contributed by atoms with Gasteiger partial charge in [-0.3, -0.25) is 9.69 Å². The molecule has 7 nitrogen and oxygen atoms in total. The number of nitrogens with zero attached hydrogens (tertiary/aromatic N) is 2. The maximum atomic E-state index is 12.9. The summed E-state index contributed by atoms with van der Waals surface area (Å²) >= 11 is 1.68. The van der Waals surface area contributed by atoms with E-state index in [0.717, 1.165) is 10.4 Å². The Balaban J connectivity index is 1.59. The molecule has 2 aromatic rings. The van der Waals surface area contributed by atoms with Crippen LogP contribution in [0, 0.1) is 13.8 Å². The van der Waals surface area contributed by atoms with Crippen LogP contribution in [0.1, 0.15) is 28.3 Å². The molecule has 1 saturated heterocycles. The number of amides is 1. The van der Waals surface area contributed by atoms with Gasteiger partial charge in [0, 0.05) is 55.1 Å². The molecule has 158 valence electrons. The van der Waals surface area contributed by atoms with Crippen LogP contribution >= 0.6 is 11.3 Å². The number of aryl methyl sites for hydroxylation is 2. The molecule has 29 heavy (non-hydrogen) atoms. The lowest BCUT2D eigenvalue weighted by Gasteiger charge is -2.35. The Bertz CT molecular complexity index is 962. The Morgan fingerprint density at radius 2 is 1.79 bits per heavy atom. The zero-order chi connectivity index (χ0) is 21.2. The Kier molecular flexibility index (Phi) is 6.75. The van der Waals surface area contributed by atoms with E-state index in [1.807, 2.05) is 19.9 Å². The highest BCUT2D eigenvalue weighted by molar-refractivity contribution is 7.89. The largest absolute Gasteiger partial charge is 0.387 e. The van der Waals surface area contributed by atoms with Crippen LogP contribution in [0.2, 0.25) is 0 Å².